The smallest absolute Gasteiger partial charge is 0.371 e. The molecule has 0 saturated heterocycles. The van der Waals surface area contributed by atoms with Crippen molar-refractivity contribution in [3.8, 4) is 0 Å². The lowest BCUT2D eigenvalue weighted by Crippen LogP contribution is -2.25. The number of ether oxygens (including phenoxy) is 1. The third-order valence-electron chi connectivity index (χ3n) is 2.11. The van der Waals surface area contributed by atoms with Gasteiger partial charge < -0.3 is 14.3 Å². The fraction of sp³-hybridized carbons (Fsp3) is 0.538. The van der Waals surface area contributed by atoms with Gasteiger partial charge in [-0.15, -0.1) is 11.8 Å². The molecule has 1 rings (SSSR count). The van der Waals surface area contributed by atoms with Crippen LogP contribution in [0.1, 0.15) is 49.3 Å². The second-order valence-electron chi connectivity index (χ2n) is 5.05. The van der Waals surface area contributed by atoms with Gasteiger partial charge in [0.15, 0.2) is 0 Å². The first kappa shape index (κ1) is 15.6. The fourth-order valence-corrected chi connectivity index (χ4v) is 2.07. The molecule has 0 aliphatic rings. The van der Waals surface area contributed by atoms with Gasteiger partial charge in [-0.25, -0.2) is 4.79 Å². The number of hydrogen-bond donors (Lipinski definition) is 1. The Balaban J connectivity index is 2.48. The number of thioether (sulfide) groups is 1. The van der Waals surface area contributed by atoms with Gasteiger partial charge in [0.25, 0.3) is 0 Å². The summed E-state index contributed by atoms with van der Waals surface area (Å²) in [6.07, 6.45) is 0. The molecule has 0 fully saturated rings. The summed E-state index contributed by atoms with van der Waals surface area (Å²) in [5, 5.41) is 8.64. The Labute approximate surface area is 116 Å². The summed E-state index contributed by atoms with van der Waals surface area (Å²) >= 11 is 1.34. The summed E-state index contributed by atoms with van der Waals surface area (Å²) in [4.78, 5) is 22.2. The molecule has 1 N–H and O–H groups in total. The highest BCUT2D eigenvalue weighted by Crippen LogP contribution is 2.29. The lowest BCUT2D eigenvalue weighted by atomic mass is 10.2. The number of carbonyl (C=O) groups is 2. The van der Waals surface area contributed by atoms with Crippen LogP contribution in [-0.4, -0.2) is 28.4 Å². The number of carboxylic acid groups (broad SMARTS) is 1. The molecule has 0 saturated carbocycles. The first-order valence-electron chi connectivity index (χ1n) is 5.85. The Kier molecular flexibility index (Phi) is 5.05. The van der Waals surface area contributed by atoms with Crippen molar-refractivity contribution in [2.24, 2.45) is 0 Å². The molecule has 19 heavy (non-hydrogen) atoms. The van der Waals surface area contributed by atoms with Crippen LogP contribution in [0.2, 0.25) is 0 Å². The quantitative estimate of drug-likeness (QED) is 0.838. The van der Waals surface area contributed by atoms with Crippen molar-refractivity contribution in [2.75, 3.05) is 5.75 Å². The molecular weight excluding hydrogens is 268 g/mol. The molecule has 6 heteroatoms. The third-order valence-corrected chi connectivity index (χ3v) is 3.24. The van der Waals surface area contributed by atoms with Crippen LogP contribution in [-0.2, 0) is 9.53 Å². The van der Waals surface area contributed by atoms with E-state index in [0.29, 0.717) is 5.76 Å². The van der Waals surface area contributed by atoms with Crippen molar-refractivity contribution in [3.05, 3.63) is 23.7 Å². The van der Waals surface area contributed by atoms with Crippen molar-refractivity contribution in [1.82, 2.24) is 0 Å². The number of hydrogen-bond acceptors (Lipinski definition) is 5. The van der Waals surface area contributed by atoms with Crippen LogP contribution < -0.4 is 0 Å². The van der Waals surface area contributed by atoms with Gasteiger partial charge in [-0.1, -0.05) is 0 Å². The fourth-order valence-electron chi connectivity index (χ4n) is 1.33. The minimum atomic E-state index is -1.10. The van der Waals surface area contributed by atoms with Crippen LogP contribution in [0.25, 0.3) is 0 Å². The average Bonchev–Trinajstić information content (AvgIpc) is 2.72. The standard InChI is InChI=1S/C13H18O5S/c1-8(9-5-6-10(17-9)12(15)16)19-7-11(14)18-13(2,3)4/h5-6,8H,7H2,1-4H3,(H,15,16). The summed E-state index contributed by atoms with van der Waals surface area (Å²) < 4.78 is 10.4. The van der Waals surface area contributed by atoms with E-state index in [1.54, 1.807) is 6.07 Å². The number of carbonyl (C=O) groups excluding carboxylic acids is 1. The zero-order valence-electron chi connectivity index (χ0n) is 11.4. The Bertz CT molecular complexity index is 458. The van der Waals surface area contributed by atoms with Gasteiger partial charge in [-0.2, -0.15) is 0 Å². The molecule has 1 atom stereocenters. The van der Waals surface area contributed by atoms with Gasteiger partial charge in [0.2, 0.25) is 5.76 Å². The summed E-state index contributed by atoms with van der Waals surface area (Å²) in [5.74, 6) is -0.766. The van der Waals surface area contributed by atoms with Crippen LogP contribution in [0, 0.1) is 0 Å². The van der Waals surface area contributed by atoms with Gasteiger partial charge in [0, 0.05) is 0 Å². The van der Waals surface area contributed by atoms with Crippen LogP contribution >= 0.6 is 11.8 Å². The molecule has 0 radical (unpaired) electrons. The Hall–Kier alpha value is -1.43. The Morgan fingerprint density at radius 1 is 1.42 bits per heavy atom. The summed E-state index contributed by atoms with van der Waals surface area (Å²) in [5.41, 5.74) is -0.498. The third kappa shape index (κ3) is 5.38. The monoisotopic (exact) mass is 286 g/mol. The lowest BCUT2D eigenvalue weighted by molar-refractivity contribution is -0.151. The molecule has 0 aromatic carbocycles. The highest BCUT2D eigenvalue weighted by molar-refractivity contribution is 8.00. The summed E-state index contributed by atoms with van der Waals surface area (Å²) in [7, 11) is 0. The normalized spacial score (nSPS) is 13.1. The number of rotatable bonds is 5. The number of aromatic carboxylic acids is 1. The SMILES string of the molecule is CC(SCC(=O)OC(C)(C)C)c1ccc(C(=O)O)o1. The Morgan fingerprint density at radius 3 is 2.53 bits per heavy atom. The minimum absolute atomic E-state index is 0.0975. The molecule has 106 valence electrons. The molecule has 0 aliphatic heterocycles. The van der Waals surface area contributed by atoms with Gasteiger partial charge in [-0.3, -0.25) is 4.79 Å². The van der Waals surface area contributed by atoms with Gasteiger partial charge in [0.1, 0.15) is 11.4 Å². The van der Waals surface area contributed by atoms with E-state index in [2.05, 4.69) is 0 Å². The first-order valence-corrected chi connectivity index (χ1v) is 6.90. The largest absolute Gasteiger partial charge is 0.475 e. The van der Waals surface area contributed by atoms with E-state index in [9.17, 15) is 9.59 Å². The second kappa shape index (κ2) is 6.14. The van der Waals surface area contributed by atoms with Gasteiger partial charge in [-0.05, 0) is 39.8 Å². The Morgan fingerprint density at radius 2 is 2.05 bits per heavy atom. The number of furan rings is 1. The minimum Gasteiger partial charge on any atom is -0.475 e. The maximum Gasteiger partial charge on any atom is 0.371 e. The first-order chi connectivity index (χ1) is 8.69. The molecule has 5 nitrogen and oxygen atoms in total. The highest BCUT2D eigenvalue weighted by atomic mass is 32.2. The average molecular weight is 286 g/mol. The van der Waals surface area contributed by atoms with E-state index in [4.69, 9.17) is 14.3 Å². The molecule has 1 aromatic heterocycles. The maximum atomic E-state index is 11.5. The van der Waals surface area contributed by atoms with Crippen LogP contribution in [0.3, 0.4) is 0 Å². The van der Waals surface area contributed by atoms with E-state index in [-0.39, 0.29) is 22.7 Å². The summed E-state index contributed by atoms with van der Waals surface area (Å²) in [6.45, 7) is 7.28. The predicted molar refractivity (Wildman–Crippen MR) is 72.4 cm³/mol. The number of esters is 1. The van der Waals surface area contributed by atoms with Crippen molar-refractivity contribution >= 4 is 23.7 Å². The number of carboxylic acids is 1. The van der Waals surface area contributed by atoms with E-state index >= 15 is 0 Å². The molecule has 1 unspecified atom stereocenters. The zero-order chi connectivity index (χ0) is 14.6. The van der Waals surface area contributed by atoms with Crippen molar-refractivity contribution in [3.63, 3.8) is 0 Å². The molecule has 1 aromatic rings. The van der Waals surface area contributed by atoms with E-state index in [1.165, 1.54) is 17.8 Å². The second-order valence-corrected chi connectivity index (χ2v) is 6.38. The van der Waals surface area contributed by atoms with Crippen molar-refractivity contribution in [2.45, 2.75) is 38.5 Å². The molecule has 1 heterocycles. The van der Waals surface area contributed by atoms with Crippen LogP contribution in [0.4, 0.5) is 0 Å². The van der Waals surface area contributed by atoms with E-state index in [1.807, 2.05) is 27.7 Å². The highest BCUT2D eigenvalue weighted by Gasteiger charge is 2.19. The van der Waals surface area contributed by atoms with Crippen molar-refractivity contribution in [1.29, 1.82) is 0 Å². The van der Waals surface area contributed by atoms with Crippen molar-refractivity contribution < 1.29 is 23.8 Å². The van der Waals surface area contributed by atoms with Crippen LogP contribution in [0.15, 0.2) is 16.5 Å². The lowest BCUT2D eigenvalue weighted by Gasteiger charge is -2.19. The predicted octanol–water partition coefficient (Wildman–Crippen LogP) is 3.11. The maximum absolute atomic E-state index is 11.5. The molecule has 0 amide bonds. The van der Waals surface area contributed by atoms with Gasteiger partial charge >= 0.3 is 11.9 Å². The molecule has 0 spiro atoms. The molecular formula is C13H18O5S. The van der Waals surface area contributed by atoms with E-state index in [0.717, 1.165) is 0 Å². The molecule has 0 aliphatic carbocycles. The summed E-state index contributed by atoms with van der Waals surface area (Å²) in [6, 6.07) is 3.01. The topological polar surface area (TPSA) is 76.7 Å². The van der Waals surface area contributed by atoms with E-state index < -0.39 is 11.6 Å². The van der Waals surface area contributed by atoms with Crippen LogP contribution in [0.5, 0.6) is 0 Å². The zero-order valence-corrected chi connectivity index (χ0v) is 12.2. The van der Waals surface area contributed by atoms with Gasteiger partial charge in [0.05, 0.1) is 11.0 Å². The molecule has 0 bridgehead atoms.